The van der Waals surface area contributed by atoms with Crippen LogP contribution in [0, 0.1) is 0 Å². The van der Waals surface area contributed by atoms with Crippen molar-refractivity contribution in [2.75, 3.05) is 25.2 Å². The number of hydrogen-bond donors (Lipinski definition) is 0. The van der Waals surface area contributed by atoms with Crippen LogP contribution < -0.4 is 9.64 Å². The molecule has 2 saturated heterocycles. The molecule has 152 valence electrons. The number of rotatable bonds is 6. The third-order valence-corrected chi connectivity index (χ3v) is 5.25. The number of benzene rings is 1. The van der Waals surface area contributed by atoms with Gasteiger partial charge in [-0.3, -0.25) is 14.4 Å². The third-order valence-electron chi connectivity index (χ3n) is 5.25. The second-order valence-electron chi connectivity index (χ2n) is 7.06. The highest BCUT2D eigenvalue weighted by Gasteiger charge is 2.45. The molecule has 2 atom stereocenters. The van der Waals surface area contributed by atoms with E-state index in [2.05, 4.69) is 0 Å². The van der Waals surface area contributed by atoms with Gasteiger partial charge in [-0.15, -0.1) is 0 Å². The lowest BCUT2D eigenvalue weighted by Crippen LogP contribution is -2.48. The first kappa shape index (κ1) is 19.2. The normalized spacial score (nSPS) is 21.6. The van der Waals surface area contributed by atoms with E-state index < -0.39 is 17.9 Å². The van der Waals surface area contributed by atoms with Crippen LogP contribution in [0.3, 0.4) is 0 Å². The van der Waals surface area contributed by atoms with E-state index in [4.69, 9.17) is 13.9 Å². The Kier molecular flexibility index (Phi) is 5.35. The fraction of sp³-hybridized carbons (Fsp3) is 0.381. The molecule has 0 spiro atoms. The van der Waals surface area contributed by atoms with Crippen molar-refractivity contribution >= 4 is 23.4 Å². The lowest BCUT2D eigenvalue weighted by atomic mass is 10.1. The maximum Gasteiger partial charge on any atom is 0.290 e. The second-order valence-corrected chi connectivity index (χ2v) is 7.06. The summed E-state index contributed by atoms with van der Waals surface area (Å²) in [6, 6.07) is 8.93. The molecule has 2 aromatic rings. The fourth-order valence-corrected chi connectivity index (χ4v) is 3.76. The largest absolute Gasteiger partial charge is 0.497 e. The maximum atomic E-state index is 13.2. The highest BCUT2D eigenvalue weighted by molar-refractivity contribution is 6.23. The monoisotopic (exact) mass is 398 g/mol. The van der Waals surface area contributed by atoms with Crippen LogP contribution in [0.1, 0.15) is 29.8 Å². The summed E-state index contributed by atoms with van der Waals surface area (Å²) in [5, 5.41) is 0. The minimum Gasteiger partial charge on any atom is -0.497 e. The summed E-state index contributed by atoms with van der Waals surface area (Å²) >= 11 is 0. The zero-order valence-corrected chi connectivity index (χ0v) is 16.1. The van der Waals surface area contributed by atoms with Gasteiger partial charge in [-0.1, -0.05) is 0 Å². The van der Waals surface area contributed by atoms with Crippen LogP contribution in [0.25, 0.3) is 0 Å². The average Bonchev–Trinajstić information content (AvgIpc) is 3.48. The van der Waals surface area contributed by atoms with Crippen LogP contribution >= 0.6 is 0 Å². The molecular formula is C21H22N2O6. The Morgan fingerprint density at radius 3 is 2.66 bits per heavy atom. The summed E-state index contributed by atoms with van der Waals surface area (Å²) in [5.41, 5.74) is 0.450. The molecule has 0 saturated carbocycles. The molecule has 2 fully saturated rings. The number of ether oxygens (including phenoxy) is 2. The molecular weight excluding hydrogens is 376 g/mol. The van der Waals surface area contributed by atoms with Gasteiger partial charge in [0, 0.05) is 13.2 Å². The van der Waals surface area contributed by atoms with Crippen molar-refractivity contribution in [1.29, 1.82) is 0 Å². The SMILES string of the molecule is COc1ccc(N2C(=O)CC(N(CC3CCCO3)C(=O)c3ccco3)C2=O)cc1. The van der Waals surface area contributed by atoms with E-state index >= 15 is 0 Å². The minimum absolute atomic E-state index is 0.0793. The lowest BCUT2D eigenvalue weighted by Gasteiger charge is -2.29. The fourth-order valence-electron chi connectivity index (χ4n) is 3.76. The zero-order valence-electron chi connectivity index (χ0n) is 16.1. The first-order chi connectivity index (χ1) is 14.1. The van der Waals surface area contributed by atoms with Crippen molar-refractivity contribution < 1.29 is 28.3 Å². The number of hydrogen-bond acceptors (Lipinski definition) is 6. The number of imide groups is 1. The number of carbonyl (C=O) groups is 3. The number of amides is 3. The lowest BCUT2D eigenvalue weighted by molar-refractivity contribution is -0.122. The van der Waals surface area contributed by atoms with Gasteiger partial charge in [-0.05, 0) is 49.2 Å². The van der Waals surface area contributed by atoms with Crippen LogP contribution in [0.2, 0.25) is 0 Å². The van der Waals surface area contributed by atoms with Crippen molar-refractivity contribution in [2.24, 2.45) is 0 Å². The summed E-state index contributed by atoms with van der Waals surface area (Å²) in [6.07, 6.45) is 2.88. The summed E-state index contributed by atoms with van der Waals surface area (Å²) in [4.78, 5) is 41.4. The Morgan fingerprint density at radius 2 is 2.03 bits per heavy atom. The summed E-state index contributed by atoms with van der Waals surface area (Å²) < 4.78 is 16.0. The Labute approximate surface area is 168 Å². The quantitative estimate of drug-likeness (QED) is 0.694. The average molecular weight is 398 g/mol. The Bertz CT molecular complexity index is 886. The molecule has 0 bridgehead atoms. The molecule has 2 unspecified atom stereocenters. The molecule has 1 aromatic heterocycles. The number of nitrogens with zero attached hydrogens (tertiary/aromatic N) is 2. The van der Waals surface area contributed by atoms with Gasteiger partial charge in [0.25, 0.3) is 11.8 Å². The van der Waals surface area contributed by atoms with E-state index in [1.807, 2.05) is 0 Å². The van der Waals surface area contributed by atoms with E-state index in [0.717, 1.165) is 17.7 Å². The van der Waals surface area contributed by atoms with Gasteiger partial charge in [0.2, 0.25) is 5.91 Å². The first-order valence-corrected chi connectivity index (χ1v) is 9.55. The molecule has 8 heteroatoms. The van der Waals surface area contributed by atoms with Crippen LogP contribution in [-0.4, -0.2) is 55.0 Å². The van der Waals surface area contributed by atoms with Crippen LogP contribution in [0.15, 0.2) is 47.1 Å². The van der Waals surface area contributed by atoms with Gasteiger partial charge < -0.3 is 18.8 Å². The molecule has 2 aliphatic rings. The summed E-state index contributed by atoms with van der Waals surface area (Å²) in [7, 11) is 1.54. The molecule has 0 N–H and O–H groups in total. The van der Waals surface area contributed by atoms with Crippen LogP contribution in [0.4, 0.5) is 5.69 Å². The number of methoxy groups -OCH3 is 1. The van der Waals surface area contributed by atoms with E-state index in [-0.39, 0.29) is 30.7 Å². The van der Waals surface area contributed by atoms with E-state index in [0.29, 0.717) is 18.0 Å². The van der Waals surface area contributed by atoms with Crippen molar-refractivity contribution in [2.45, 2.75) is 31.4 Å². The molecule has 29 heavy (non-hydrogen) atoms. The molecule has 3 amide bonds. The zero-order chi connectivity index (χ0) is 20.4. The topological polar surface area (TPSA) is 89.3 Å². The molecule has 0 aliphatic carbocycles. The van der Waals surface area contributed by atoms with Crippen molar-refractivity contribution in [3.63, 3.8) is 0 Å². The first-order valence-electron chi connectivity index (χ1n) is 9.55. The van der Waals surface area contributed by atoms with Crippen LogP contribution in [-0.2, 0) is 14.3 Å². The molecule has 1 aromatic carbocycles. The van der Waals surface area contributed by atoms with Gasteiger partial charge in [-0.2, -0.15) is 0 Å². The standard InChI is InChI=1S/C21H22N2O6/c1-27-15-8-6-14(7-9-15)23-19(24)12-17(20(23)25)22(13-16-4-2-10-28-16)21(26)18-5-3-11-29-18/h3,5-9,11,16-17H,2,4,10,12-13H2,1H3. The third kappa shape index (κ3) is 3.75. The number of carbonyl (C=O) groups excluding carboxylic acids is 3. The smallest absolute Gasteiger partial charge is 0.290 e. The minimum atomic E-state index is -0.897. The predicted molar refractivity (Wildman–Crippen MR) is 103 cm³/mol. The van der Waals surface area contributed by atoms with Gasteiger partial charge in [0.05, 0.1) is 31.6 Å². The highest BCUT2D eigenvalue weighted by atomic mass is 16.5. The summed E-state index contributed by atoms with van der Waals surface area (Å²) in [5.74, 6) is -0.454. The van der Waals surface area contributed by atoms with Crippen molar-refractivity contribution in [3.8, 4) is 5.75 Å². The van der Waals surface area contributed by atoms with Gasteiger partial charge >= 0.3 is 0 Å². The van der Waals surface area contributed by atoms with E-state index in [1.54, 1.807) is 43.5 Å². The van der Waals surface area contributed by atoms with E-state index in [9.17, 15) is 14.4 Å². The van der Waals surface area contributed by atoms with Crippen LogP contribution in [0.5, 0.6) is 5.75 Å². The van der Waals surface area contributed by atoms with Crippen molar-refractivity contribution in [3.05, 3.63) is 48.4 Å². The number of anilines is 1. The van der Waals surface area contributed by atoms with Gasteiger partial charge in [-0.25, -0.2) is 4.90 Å². The molecule has 4 rings (SSSR count). The van der Waals surface area contributed by atoms with Crippen molar-refractivity contribution in [1.82, 2.24) is 4.90 Å². The van der Waals surface area contributed by atoms with Gasteiger partial charge in [0.1, 0.15) is 11.8 Å². The molecule has 2 aliphatic heterocycles. The number of furan rings is 1. The molecule has 3 heterocycles. The molecule has 8 nitrogen and oxygen atoms in total. The predicted octanol–water partition coefficient (Wildman–Crippen LogP) is 2.24. The van der Waals surface area contributed by atoms with E-state index in [1.165, 1.54) is 11.2 Å². The van der Waals surface area contributed by atoms with Gasteiger partial charge in [0.15, 0.2) is 5.76 Å². The highest BCUT2D eigenvalue weighted by Crippen LogP contribution is 2.29. The summed E-state index contributed by atoms with van der Waals surface area (Å²) in [6.45, 7) is 0.864. The Balaban J connectivity index is 1.60. The maximum absolute atomic E-state index is 13.2. The molecule has 0 radical (unpaired) electrons. The Morgan fingerprint density at radius 1 is 1.24 bits per heavy atom. The second kappa shape index (κ2) is 8.08. The Hall–Kier alpha value is -3.13.